The van der Waals surface area contributed by atoms with E-state index in [1.54, 1.807) is 11.3 Å². The van der Waals surface area contributed by atoms with Crippen LogP contribution < -0.4 is 0 Å². The van der Waals surface area contributed by atoms with Gasteiger partial charge in [-0.3, -0.25) is 0 Å². The molecule has 1 aromatic carbocycles. The molecule has 14 heavy (non-hydrogen) atoms. The lowest BCUT2D eigenvalue weighted by Crippen LogP contribution is -1.77. The van der Waals surface area contributed by atoms with E-state index < -0.39 is 0 Å². The van der Waals surface area contributed by atoms with Gasteiger partial charge in [0.1, 0.15) is 5.01 Å². The molecule has 0 aliphatic heterocycles. The van der Waals surface area contributed by atoms with Crippen molar-refractivity contribution in [3.8, 4) is 22.4 Å². The Hall–Kier alpha value is -1.59. The maximum Gasteiger partial charge on any atom is 0.123 e. The zero-order chi connectivity index (χ0) is 9.80. The Morgan fingerprint density at radius 1 is 1.21 bits per heavy atom. The SMILES string of the molecule is CC#Cc1ccc(-c2nccs2)cc1. The fourth-order valence-electron chi connectivity index (χ4n) is 1.21. The summed E-state index contributed by atoms with van der Waals surface area (Å²) >= 11 is 1.65. The van der Waals surface area contributed by atoms with E-state index in [4.69, 9.17) is 0 Å². The van der Waals surface area contributed by atoms with E-state index in [2.05, 4.69) is 29.0 Å². The number of rotatable bonds is 1. The van der Waals surface area contributed by atoms with Crippen LogP contribution in [0.15, 0.2) is 35.8 Å². The second-order valence-corrected chi connectivity index (χ2v) is 3.68. The van der Waals surface area contributed by atoms with Gasteiger partial charge in [0.05, 0.1) is 0 Å². The van der Waals surface area contributed by atoms with E-state index in [0.29, 0.717) is 0 Å². The molecule has 0 spiro atoms. The van der Waals surface area contributed by atoms with Crippen LogP contribution >= 0.6 is 11.3 Å². The van der Waals surface area contributed by atoms with Crippen LogP contribution in [0.25, 0.3) is 10.6 Å². The van der Waals surface area contributed by atoms with Crippen molar-refractivity contribution in [1.82, 2.24) is 4.98 Å². The third kappa shape index (κ3) is 1.84. The topological polar surface area (TPSA) is 12.9 Å². The van der Waals surface area contributed by atoms with Gasteiger partial charge >= 0.3 is 0 Å². The van der Waals surface area contributed by atoms with Crippen molar-refractivity contribution in [2.45, 2.75) is 6.92 Å². The zero-order valence-corrected chi connectivity index (χ0v) is 8.64. The van der Waals surface area contributed by atoms with Crippen molar-refractivity contribution in [1.29, 1.82) is 0 Å². The smallest absolute Gasteiger partial charge is 0.123 e. The van der Waals surface area contributed by atoms with Crippen LogP contribution in [0.3, 0.4) is 0 Å². The standard InChI is InChI=1S/C12H9NS/c1-2-3-10-4-6-11(7-5-10)12-13-8-9-14-12/h4-9H,1H3. The normalized spacial score (nSPS) is 9.21. The number of thiazole rings is 1. The monoisotopic (exact) mass is 199 g/mol. The van der Waals surface area contributed by atoms with Gasteiger partial charge in [-0.2, -0.15) is 0 Å². The van der Waals surface area contributed by atoms with E-state index in [1.807, 2.05) is 30.6 Å². The molecule has 0 aliphatic rings. The Balaban J connectivity index is 2.34. The summed E-state index contributed by atoms with van der Waals surface area (Å²) in [5, 5.41) is 3.04. The van der Waals surface area contributed by atoms with Gasteiger partial charge in [0.15, 0.2) is 0 Å². The highest BCUT2D eigenvalue weighted by molar-refractivity contribution is 7.13. The van der Waals surface area contributed by atoms with E-state index in [9.17, 15) is 0 Å². The van der Waals surface area contributed by atoms with Crippen LogP contribution in [0.1, 0.15) is 12.5 Å². The maximum absolute atomic E-state index is 4.24. The number of hydrogen-bond acceptors (Lipinski definition) is 2. The maximum atomic E-state index is 4.24. The molecule has 0 bridgehead atoms. The molecule has 0 amide bonds. The average Bonchev–Trinajstić information content (AvgIpc) is 2.72. The first kappa shape index (κ1) is 8.98. The highest BCUT2D eigenvalue weighted by Gasteiger charge is 1.98. The first-order valence-corrected chi connectivity index (χ1v) is 5.21. The number of hydrogen-bond donors (Lipinski definition) is 0. The van der Waals surface area contributed by atoms with Crippen molar-refractivity contribution >= 4 is 11.3 Å². The van der Waals surface area contributed by atoms with Gasteiger partial charge in [-0.15, -0.1) is 17.3 Å². The summed E-state index contributed by atoms with van der Waals surface area (Å²) in [7, 11) is 0. The Labute approximate surface area is 87.4 Å². The Morgan fingerprint density at radius 2 is 2.00 bits per heavy atom. The Kier molecular flexibility index (Phi) is 2.62. The minimum Gasteiger partial charge on any atom is -0.245 e. The Bertz CT molecular complexity index is 457. The van der Waals surface area contributed by atoms with Crippen molar-refractivity contribution in [3.63, 3.8) is 0 Å². The fraction of sp³-hybridized carbons (Fsp3) is 0.0833. The summed E-state index contributed by atoms with van der Waals surface area (Å²) in [5.74, 6) is 5.89. The average molecular weight is 199 g/mol. The van der Waals surface area contributed by atoms with Crippen molar-refractivity contribution in [2.24, 2.45) is 0 Å². The third-order valence-corrected chi connectivity index (χ3v) is 2.66. The lowest BCUT2D eigenvalue weighted by molar-refractivity contribution is 1.41. The molecular formula is C12H9NS. The molecule has 0 radical (unpaired) electrons. The van der Waals surface area contributed by atoms with Crippen LogP contribution in [0.2, 0.25) is 0 Å². The lowest BCUT2D eigenvalue weighted by atomic mass is 10.1. The number of nitrogens with zero attached hydrogens (tertiary/aromatic N) is 1. The largest absolute Gasteiger partial charge is 0.245 e. The lowest BCUT2D eigenvalue weighted by Gasteiger charge is -1.95. The summed E-state index contributed by atoms with van der Waals surface area (Å²) < 4.78 is 0. The molecule has 2 aromatic rings. The highest BCUT2D eigenvalue weighted by Crippen LogP contribution is 2.21. The van der Waals surface area contributed by atoms with Crippen LogP contribution in [0, 0.1) is 11.8 Å². The van der Waals surface area contributed by atoms with Crippen LogP contribution in [-0.4, -0.2) is 4.98 Å². The van der Waals surface area contributed by atoms with Gasteiger partial charge < -0.3 is 0 Å². The molecule has 0 atom stereocenters. The molecule has 0 fully saturated rings. The molecule has 0 saturated carbocycles. The predicted molar refractivity (Wildman–Crippen MR) is 60.1 cm³/mol. The van der Waals surface area contributed by atoms with Crippen LogP contribution in [0.5, 0.6) is 0 Å². The highest BCUT2D eigenvalue weighted by atomic mass is 32.1. The predicted octanol–water partition coefficient (Wildman–Crippen LogP) is 3.18. The molecule has 0 unspecified atom stereocenters. The van der Waals surface area contributed by atoms with Gasteiger partial charge in [0.25, 0.3) is 0 Å². The summed E-state index contributed by atoms with van der Waals surface area (Å²) in [6.07, 6.45) is 1.82. The first-order chi connectivity index (χ1) is 6.90. The summed E-state index contributed by atoms with van der Waals surface area (Å²) in [4.78, 5) is 4.24. The fourth-order valence-corrected chi connectivity index (χ4v) is 1.85. The van der Waals surface area contributed by atoms with E-state index in [1.165, 1.54) is 0 Å². The second kappa shape index (κ2) is 4.08. The van der Waals surface area contributed by atoms with E-state index >= 15 is 0 Å². The molecule has 1 aromatic heterocycles. The third-order valence-electron chi connectivity index (χ3n) is 1.83. The molecule has 1 nitrogen and oxygen atoms in total. The zero-order valence-electron chi connectivity index (χ0n) is 7.82. The van der Waals surface area contributed by atoms with Gasteiger partial charge in [-0.05, 0) is 19.1 Å². The minimum absolute atomic E-state index is 1.05. The van der Waals surface area contributed by atoms with Gasteiger partial charge in [0.2, 0.25) is 0 Å². The first-order valence-electron chi connectivity index (χ1n) is 4.33. The van der Waals surface area contributed by atoms with Crippen molar-refractivity contribution < 1.29 is 0 Å². The number of aromatic nitrogens is 1. The molecule has 0 N–H and O–H groups in total. The molecule has 0 aliphatic carbocycles. The second-order valence-electron chi connectivity index (χ2n) is 2.79. The molecule has 1 heterocycles. The van der Waals surface area contributed by atoms with E-state index in [-0.39, 0.29) is 0 Å². The molecular weight excluding hydrogens is 190 g/mol. The van der Waals surface area contributed by atoms with Crippen molar-refractivity contribution in [2.75, 3.05) is 0 Å². The van der Waals surface area contributed by atoms with Gasteiger partial charge in [-0.1, -0.05) is 18.1 Å². The molecule has 0 saturated heterocycles. The minimum atomic E-state index is 1.05. The summed E-state index contributed by atoms with van der Waals surface area (Å²) in [6, 6.07) is 8.15. The summed E-state index contributed by atoms with van der Waals surface area (Å²) in [6.45, 7) is 1.84. The van der Waals surface area contributed by atoms with Gasteiger partial charge in [-0.25, -0.2) is 4.98 Å². The van der Waals surface area contributed by atoms with Gasteiger partial charge in [0, 0.05) is 22.7 Å². The van der Waals surface area contributed by atoms with E-state index in [0.717, 1.165) is 16.1 Å². The summed E-state index contributed by atoms with van der Waals surface area (Å²) in [5.41, 5.74) is 2.20. The van der Waals surface area contributed by atoms with Crippen molar-refractivity contribution in [3.05, 3.63) is 41.4 Å². The Morgan fingerprint density at radius 3 is 2.57 bits per heavy atom. The molecule has 68 valence electrons. The van der Waals surface area contributed by atoms with Crippen LogP contribution in [0.4, 0.5) is 0 Å². The molecule has 2 rings (SSSR count). The quantitative estimate of drug-likeness (QED) is 0.643. The molecule has 2 heteroatoms. The van der Waals surface area contributed by atoms with Crippen LogP contribution in [-0.2, 0) is 0 Å². The number of benzene rings is 1.